The van der Waals surface area contributed by atoms with Crippen molar-refractivity contribution in [2.24, 2.45) is 0 Å². The lowest BCUT2D eigenvalue weighted by Crippen LogP contribution is -2.08. The summed E-state index contributed by atoms with van der Waals surface area (Å²) in [6, 6.07) is 6.90. The first-order valence-electron chi connectivity index (χ1n) is 8.38. The Morgan fingerprint density at radius 2 is 1.76 bits per heavy atom. The molecular formula is C19H12F4N6. The van der Waals surface area contributed by atoms with Gasteiger partial charge in [0, 0.05) is 17.8 Å². The minimum absolute atomic E-state index is 0.0576. The summed E-state index contributed by atoms with van der Waals surface area (Å²) in [5, 5.41) is 3.59. The molecule has 4 aromatic rings. The van der Waals surface area contributed by atoms with Gasteiger partial charge >= 0.3 is 6.18 Å². The minimum Gasteiger partial charge on any atom is -0.338 e. The van der Waals surface area contributed by atoms with Gasteiger partial charge in [-0.2, -0.15) is 13.2 Å². The maximum atomic E-state index is 13.3. The second-order valence-corrected chi connectivity index (χ2v) is 5.98. The van der Waals surface area contributed by atoms with E-state index in [0.29, 0.717) is 16.9 Å². The summed E-state index contributed by atoms with van der Waals surface area (Å²) in [5.74, 6) is 0.378. The van der Waals surface area contributed by atoms with Gasteiger partial charge in [0.25, 0.3) is 0 Å². The van der Waals surface area contributed by atoms with E-state index in [0.717, 1.165) is 6.07 Å². The number of hydrogen-bond donors (Lipinski definition) is 1. The number of anilines is 2. The smallest absolute Gasteiger partial charge is 0.338 e. The van der Waals surface area contributed by atoms with Gasteiger partial charge in [-0.1, -0.05) is 0 Å². The molecule has 0 fully saturated rings. The molecule has 0 saturated carbocycles. The van der Waals surface area contributed by atoms with Gasteiger partial charge in [0.1, 0.15) is 18.2 Å². The second kappa shape index (κ2) is 7.38. The normalized spacial score (nSPS) is 11.6. The lowest BCUT2D eigenvalue weighted by atomic mass is 10.1. The highest BCUT2D eigenvalue weighted by molar-refractivity contribution is 5.91. The molecule has 29 heavy (non-hydrogen) atoms. The molecule has 0 atom stereocenters. The maximum Gasteiger partial charge on any atom is 0.418 e. The van der Waals surface area contributed by atoms with Crippen LogP contribution >= 0.6 is 0 Å². The number of fused-ring (bicyclic) bond motifs is 1. The van der Waals surface area contributed by atoms with Crippen LogP contribution in [0.5, 0.6) is 0 Å². The fraction of sp³-hybridized carbons (Fsp3) is 0.105. The number of nitrogens with one attached hydrogen (secondary N) is 1. The minimum atomic E-state index is -4.55. The Labute approximate surface area is 161 Å². The zero-order chi connectivity index (χ0) is 20.4. The van der Waals surface area contributed by atoms with Crippen molar-refractivity contribution in [3.8, 4) is 11.4 Å². The summed E-state index contributed by atoms with van der Waals surface area (Å²) < 4.78 is 52.4. The molecule has 0 unspecified atom stereocenters. The van der Waals surface area contributed by atoms with E-state index in [2.05, 4.69) is 30.2 Å². The van der Waals surface area contributed by atoms with E-state index in [1.807, 2.05) is 0 Å². The SMILES string of the molecule is FCc1cnc(Nc2ccnc3nc(-c4ncccc4C(F)(F)F)ccc23)cn1. The van der Waals surface area contributed by atoms with Crippen molar-refractivity contribution in [2.45, 2.75) is 12.9 Å². The molecule has 0 aliphatic carbocycles. The molecule has 0 aliphatic rings. The molecule has 6 nitrogen and oxygen atoms in total. The summed E-state index contributed by atoms with van der Waals surface area (Å²) in [6.07, 6.45) is 0.880. The fourth-order valence-corrected chi connectivity index (χ4v) is 2.73. The van der Waals surface area contributed by atoms with Crippen molar-refractivity contribution in [3.63, 3.8) is 0 Å². The highest BCUT2D eigenvalue weighted by Crippen LogP contribution is 2.35. The summed E-state index contributed by atoms with van der Waals surface area (Å²) in [4.78, 5) is 20.2. The van der Waals surface area contributed by atoms with Crippen LogP contribution in [0.3, 0.4) is 0 Å². The number of pyridine rings is 3. The van der Waals surface area contributed by atoms with E-state index >= 15 is 0 Å². The number of hydrogen-bond acceptors (Lipinski definition) is 6. The lowest BCUT2D eigenvalue weighted by Gasteiger charge is -2.12. The molecule has 0 aliphatic heterocycles. The topological polar surface area (TPSA) is 76.5 Å². The molecular weight excluding hydrogens is 388 g/mol. The molecule has 0 saturated heterocycles. The molecule has 0 spiro atoms. The molecule has 4 rings (SSSR count). The third-order valence-corrected chi connectivity index (χ3v) is 4.06. The molecule has 1 N–H and O–H groups in total. The quantitative estimate of drug-likeness (QED) is 0.500. The molecule has 0 amide bonds. The summed E-state index contributed by atoms with van der Waals surface area (Å²) in [6.45, 7) is -0.717. The van der Waals surface area contributed by atoms with Crippen LogP contribution in [0.4, 0.5) is 29.1 Å². The lowest BCUT2D eigenvalue weighted by molar-refractivity contribution is -0.137. The van der Waals surface area contributed by atoms with Crippen LogP contribution in [0.15, 0.2) is 55.1 Å². The van der Waals surface area contributed by atoms with Crippen LogP contribution in [0.25, 0.3) is 22.4 Å². The number of rotatable bonds is 4. The third-order valence-electron chi connectivity index (χ3n) is 4.06. The average molecular weight is 400 g/mol. The van der Waals surface area contributed by atoms with E-state index in [9.17, 15) is 17.6 Å². The molecule has 4 heterocycles. The number of nitrogens with zero attached hydrogens (tertiary/aromatic N) is 5. The molecule has 0 radical (unpaired) electrons. The number of halogens is 4. The van der Waals surface area contributed by atoms with E-state index < -0.39 is 18.4 Å². The Balaban J connectivity index is 1.73. The predicted octanol–water partition coefficient (Wildman–Crippen LogP) is 4.71. The Kier molecular flexibility index (Phi) is 4.75. The van der Waals surface area contributed by atoms with Crippen molar-refractivity contribution in [1.29, 1.82) is 0 Å². The van der Waals surface area contributed by atoms with Crippen LogP contribution in [-0.4, -0.2) is 24.9 Å². The third kappa shape index (κ3) is 3.82. The zero-order valence-corrected chi connectivity index (χ0v) is 14.7. The Morgan fingerprint density at radius 3 is 2.48 bits per heavy atom. The Bertz CT molecular complexity index is 1160. The Hall–Kier alpha value is -3.69. The van der Waals surface area contributed by atoms with Crippen LogP contribution in [-0.2, 0) is 12.9 Å². The van der Waals surface area contributed by atoms with Crippen molar-refractivity contribution >= 4 is 22.5 Å². The van der Waals surface area contributed by atoms with Crippen molar-refractivity contribution < 1.29 is 17.6 Å². The highest BCUT2D eigenvalue weighted by atomic mass is 19.4. The van der Waals surface area contributed by atoms with E-state index in [4.69, 9.17) is 0 Å². The van der Waals surface area contributed by atoms with Gasteiger partial charge in [0.2, 0.25) is 0 Å². The summed E-state index contributed by atoms with van der Waals surface area (Å²) in [5.41, 5.74) is -0.0634. The zero-order valence-electron chi connectivity index (χ0n) is 14.7. The van der Waals surface area contributed by atoms with Gasteiger partial charge in [0.05, 0.1) is 35.0 Å². The molecule has 0 aromatic carbocycles. The molecule has 0 bridgehead atoms. The van der Waals surface area contributed by atoms with E-state index in [1.54, 1.807) is 12.1 Å². The first kappa shape index (κ1) is 18.7. The summed E-state index contributed by atoms with van der Waals surface area (Å²) in [7, 11) is 0. The summed E-state index contributed by atoms with van der Waals surface area (Å²) >= 11 is 0. The standard InChI is InChI=1S/C19H12F4N6/c20-8-11-9-27-16(10-26-11)28-14-5-7-25-18-12(14)3-4-15(29-18)17-13(19(21,22)23)2-1-6-24-17/h1-7,9-10H,8H2,(H,25,27,28,29). The fourth-order valence-electron chi connectivity index (χ4n) is 2.73. The van der Waals surface area contributed by atoms with Crippen molar-refractivity contribution in [1.82, 2.24) is 24.9 Å². The van der Waals surface area contributed by atoms with Crippen LogP contribution < -0.4 is 5.32 Å². The van der Waals surface area contributed by atoms with Crippen molar-refractivity contribution in [2.75, 3.05) is 5.32 Å². The van der Waals surface area contributed by atoms with Gasteiger partial charge in [0.15, 0.2) is 5.65 Å². The van der Waals surface area contributed by atoms with Gasteiger partial charge in [-0.05, 0) is 30.3 Å². The first-order valence-corrected chi connectivity index (χ1v) is 8.38. The first-order chi connectivity index (χ1) is 14.0. The maximum absolute atomic E-state index is 13.3. The average Bonchev–Trinajstić information content (AvgIpc) is 2.73. The Morgan fingerprint density at radius 1 is 0.897 bits per heavy atom. The number of aromatic nitrogens is 5. The molecule has 4 aromatic heterocycles. The van der Waals surface area contributed by atoms with Gasteiger partial charge in [-0.25, -0.2) is 19.3 Å². The van der Waals surface area contributed by atoms with Crippen LogP contribution in [0, 0.1) is 0 Å². The van der Waals surface area contributed by atoms with E-state index in [1.165, 1.54) is 36.9 Å². The monoisotopic (exact) mass is 400 g/mol. The van der Waals surface area contributed by atoms with Gasteiger partial charge in [-0.15, -0.1) is 0 Å². The van der Waals surface area contributed by atoms with Gasteiger partial charge < -0.3 is 5.32 Å². The molecule has 10 heteroatoms. The van der Waals surface area contributed by atoms with Crippen molar-refractivity contribution in [3.05, 3.63) is 66.4 Å². The largest absolute Gasteiger partial charge is 0.418 e. The van der Waals surface area contributed by atoms with Crippen LogP contribution in [0.1, 0.15) is 11.3 Å². The van der Waals surface area contributed by atoms with Gasteiger partial charge in [-0.3, -0.25) is 9.97 Å². The molecule has 146 valence electrons. The predicted molar refractivity (Wildman–Crippen MR) is 97.9 cm³/mol. The van der Waals surface area contributed by atoms with E-state index in [-0.39, 0.29) is 22.7 Å². The van der Waals surface area contributed by atoms with Crippen LogP contribution in [0.2, 0.25) is 0 Å². The second-order valence-electron chi connectivity index (χ2n) is 5.98. The number of alkyl halides is 4. The highest BCUT2D eigenvalue weighted by Gasteiger charge is 2.34.